The number of epoxide rings is 2. The molecule has 0 radical (unpaired) electrons. The molecule has 0 N–H and O–H groups in total. The van der Waals surface area contributed by atoms with E-state index in [2.05, 4.69) is 33.1 Å². The van der Waals surface area contributed by atoms with Crippen LogP contribution >= 0.6 is 0 Å². The molecular formula is C13H16O2. The Morgan fingerprint density at radius 1 is 1.47 bits per heavy atom. The highest BCUT2D eigenvalue weighted by molar-refractivity contribution is 5.53. The molecule has 0 aromatic carbocycles. The molecule has 4 atom stereocenters. The zero-order valence-corrected chi connectivity index (χ0v) is 9.25. The summed E-state index contributed by atoms with van der Waals surface area (Å²) in [7, 11) is 0. The van der Waals surface area contributed by atoms with Gasteiger partial charge in [-0.25, -0.2) is 0 Å². The molecule has 4 unspecified atom stereocenters. The zero-order chi connectivity index (χ0) is 10.9. The van der Waals surface area contributed by atoms with Crippen molar-refractivity contribution in [2.24, 2.45) is 0 Å². The first kappa shape index (κ1) is 9.37. The Hall–Kier alpha value is -0.860. The summed E-state index contributed by atoms with van der Waals surface area (Å²) in [6, 6.07) is 0. The molecule has 2 fully saturated rings. The van der Waals surface area contributed by atoms with Gasteiger partial charge >= 0.3 is 0 Å². The van der Waals surface area contributed by atoms with E-state index < -0.39 is 0 Å². The lowest BCUT2D eigenvalue weighted by Gasteiger charge is -2.20. The number of fused-ring (bicyclic) bond motifs is 3. The van der Waals surface area contributed by atoms with Gasteiger partial charge in [-0.05, 0) is 25.0 Å². The Balaban J connectivity index is 2.12. The Bertz CT molecular complexity index is 397. The first-order valence-electron chi connectivity index (χ1n) is 5.46. The molecule has 3 rings (SSSR count). The Morgan fingerprint density at radius 3 is 2.73 bits per heavy atom. The smallest absolute Gasteiger partial charge is 0.137 e. The van der Waals surface area contributed by atoms with Gasteiger partial charge in [0.15, 0.2) is 0 Å². The second-order valence-corrected chi connectivity index (χ2v) is 4.72. The van der Waals surface area contributed by atoms with Crippen molar-refractivity contribution in [1.29, 1.82) is 0 Å². The number of hydrogen-bond donors (Lipinski definition) is 0. The zero-order valence-electron chi connectivity index (χ0n) is 9.25. The standard InChI is InChI=1S/C13H16O2/c1-5-9-8-12(6-2)11(4,15-12)10-13(9,7-3)14-10/h6-8,10H,2-3,5H2,1,4H3. The Morgan fingerprint density at radius 2 is 2.20 bits per heavy atom. The maximum absolute atomic E-state index is 5.85. The van der Waals surface area contributed by atoms with E-state index in [0.717, 1.165) is 6.42 Å². The molecule has 0 aromatic rings. The van der Waals surface area contributed by atoms with Gasteiger partial charge in [-0.2, -0.15) is 0 Å². The van der Waals surface area contributed by atoms with Crippen LogP contribution in [0.1, 0.15) is 20.3 Å². The third-order valence-corrected chi connectivity index (χ3v) is 4.14. The van der Waals surface area contributed by atoms with Crippen molar-refractivity contribution in [1.82, 2.24) is 0 Å². The average molecular weight is 204 g/mol. The predicted molar refractivity (Wildman–Crippen MR) is 58.6 cm³/mol. The molecule has 3 aliphatic rings. The molecule has 15 heavy (non-hydrogen) atoms. The molecule has 0 amide bonds. The van der Waals surface area contributed by atoms with Gasteiger partial charge in [0.25, 0.3) is 0 Å². The molecule has 2 heterocycles. The van der Waals surface area contributed by atoms with Gasteiger partial charge in [-0.15, -0.1) is 0 Å². The highest BCUT2D eigenvalue weighted by Crippen LogP contribution is 2.68. The second kappa shape index (κ2) is 2.28. The average Bonchev–Trinajstić information content (AvgIpc) is 3.09. The van der Waals surface area contributed by atoms with Crippen LogP contribution in [0.5, 0.6) is 0 Å². The Labute approximate surface area is 90.3 Å². The van der Waals surface area contributed by atoms with Crippen LogP contribution in [0.25, 0.3) is 0 Å². The minimum Gasteiger partial charge on any atom is -0.354 e. The molecule has 0 aromatic heterocycles. The van der Waals surface area contributed by atoms with Crippen molar-refractivity contribution >= 4 is 0 Å². The van der Waals surface area contributed by atoms with Gasteiger partial charge in [0.2, 0.25) is 0 Å². The largest absolute Gasteiger partial charge is 0.354 e. The van der Waals surface area contributed by atoms with Crippen molar-refractivity contribution in [3.63, 3.8) is 0 Å². The fraction of sp³-hybridized carbons (Fsp3) is 0.538. The maximum atomic E-state index is 5.85. The van der Waals surface area contributed by atoms with E-state index in [9.17, 15) is 0 Å². The van der Waals surface area contributed by atoms with Gasteiger partial charge < -0.3 is 9.47 Å². The summed E-state index contributed by atoms with van der Waals surface area (Å²) in [4.78, 5) is 0. The number of hydrogen-bond acceptors (Lipinski definition) is 2. The lowest BCUT2D eigenvalue weighted by molar-refractivity contribution is 0.241. The van der Waals surface area contributed by atoms with Crippen molar-refractivity contribution in [2.75, 3.05) is 0 Å². The van der Waals surface area contributed by atoms with E-state index in [-0.39, 0.29) is 22.9 Å². The SMILES string of the molecule is C=CC12OC1C1(C)OC1(C=C)C=C2CC. The van der Waals surface area contributed by atoms with Gasteiger partial charge in [-0.1, -0.05) is 32.2 Å². The van der Waals surface area contributed by atoms with E-state index in [1.165, 1.54) is 5.57 Å². The van der Waals surface area contributed by atoms with Gasteiger partial charge in [-0.3, -0.25) is 0 Å². The fourth-order valence-electron chi connectivity index (χ4n) is 3.02. The molecular weight excluding hydrogens is 188 g/mol. The molecule has 2 saturated heterocycles. The highest BCUT2D eigenvalue weighted by atomic mass is 16.7. The van der Waals surface area contributed by atoms with Gasteiger partial charge in [0.1, 0.15) is 22.9 Å². The molecule has 0 saturated carbocycles. The molecule has 0 spiro atoms. The quantitative estimate of drug-likeness (QED) is 0.521. The lowest BCUT2D eigenvalue weighted by atomic mass is 9.75. The normalized spacial score (nSPS) is 54.8. The molecule has 2 aliphatic heterocycles. The minimum absolute atomic E-state index is 0.125. The number of ether oxygens (including phenoxy) is 2. The third-order valence-electron chi connectivity index (χ3n) is 4.14. The van der Waals surface area contributed by atoms with Crippen LogP contribution in [0.4, 0.5) is 0 Å². The summed E-state index contributed by atoms with van der Waals surface area (Å²) in [5.41, 5.74) is 0.525. The first-order valence-corrected chi connectivity index (χ1v) is 5.46. The van der Waals surface area contributed by atoms with Crippen LogP contribution in [0.3, 0.4) is 0 Å². The lowest BCUT2D eigenvalue weighted by Crippen LogP contribution is -2.36. The maximum Gasteiger partial charge on any atom is 0.137 e. The second-order valence-electron chi connectivity index (χ2n) is 4.72. The van der Waals surface area contributed by atoms with Crippen molar-refractivity contribution in [3.05, 3.63) is 37.0 Å². The van der Waals surface area contributed by atoms with E-state index in [4.69, 9.17) is 9.47 Å². The topological polar surface area (TPSA) is 25.1 Å². The highest BCUT2D eigenvalue weighted by Gasteiger charge is 2.82. The molecule has 1 aliphatic carbocycles. The molecule has 0 bridgehead atoms. The third kappa shape index (κ3) is 0.766. The van der Waals surface area contributed by atoms with Crippen molar-refractivity contribution < 1.29 is 9.47 Å². The summed E-state index contributed by atoms with van der Waals surface area (Å²) in [6.45, 7) is 12.0. The molecule has 2 nitrogen and oxygen atoms in total. The van der Waals surface area contributed by atoms with Crippen LogP contribution in [0, 0.1) is 0 Å². The molecule has 2 heteroatoms. The van der Waals surface area contributed by atoms with Gasteiger partial charge in [0, 0.05) is 0 Å². The van der Waals surface area contributed by atoms with E-state index >= 15 is 0 Å². The van der Waals surface area contributed by atoms with E-state index in [1.54, 1.807) is 0 Å². The first-order chi connectivity index (χ1) is 7.08. The minimum atomic E-state index is -0.286. The summed E-state index contributed by atoms with van der Waals surface area (Å²) < 4.78 is 11.7. The van der Waals surface area contributed by atoms with Crippen LogP contribution in [-0.4, -0.2) is 22.9 Å². The van der Waals surface area contributed by atoms with Crippen LogP contribution in [0.2, 0.25) is 0 Å². The fourth-order valence-corrected chi connectivity index (χ4v) is 3.02. The van der Waals surface area contributed by atoms with Crippen LogP contribution in [-0.2, 0) is 9.47 Å². The summed E-state index contributed by atoms with van der Waals surface area (Å²) in [5.74, 6) is 0. The van der Waals surface area contributed by atoms with Crippen LogP contribution < -0.4 is 0 Å². The predicted octanol–water partition coefficient (Wildman–Crippen LogP) is 2.37. The Kier molecular flexibility index (Phi) is 1.42. The van der Waals surface area contributed by atoms with Crippen molar-refractivity contribution in [2.45, 2.75) is 43.2 Å². The van der Waals surface area contributed by atoms with Crippen LogP contribution in [0.15, 0.2) is 37.0 Å². The van der Waals surface area contributed by atoms with Crippen molar-refractivity contribution in [3.8, 4) is 0 Å². The molecule has 80 valence electrons. The van der Waals surface area contributed by atoms with E-state index in [1.807, 2.05) is 12.2 Å². The number of rotatable bonds is 3. The monoisotopic (exact) mass is 204 g/mol. The summed E-state index contributed by atoms with van der Waals surface area (Å²) in [5, 5.41) is 0. The summed E-state index contributed by atoms with van der Waals surface area (Å²) >= 11 is 0. The van der Waals surface area contributed by atoms with E-state index in [0.29, 0.717) is 0 Å². The summed E-state index contributed by atoms with van der Waals surface area (Å²) in [6.07, 6.45) is 7.06. The van der Waals surface area contributed by atoms with Gasteiger partial charge in [0.05, 0.1) is 0 Å².